The van der Waals surface area contributed by atoms with Crippen LogP contribution in [0.2, 0.25) is 0 Å². The highest BCUT2D eigenvalue weighted by atomic mass is 32.2. The van der Waals surface area contributed by atoms with Crippen LogP contribution >= 0.6 is 11.8 Å². The van der Waals surface area contributed by atoms with Crippen molar-refractivity contribution in [3.63, 3.8) is 0 Å². The maximum Gasteiger partial charge on any atom is 0.239 e. The molecular weight excluding hydrogens is 234 g/mol. The van der Waals surface area contributed by atoms with E-state index in [1.54, 1.807) is 36.1 Å². The van der Waals surface area contributed by atoms with Gasteiger partial charge >= 0.3 is 0 Å². The maximum absolute atomic E-state index is 11.9. The summed E-state index contributed by atoms with van der Waals surface area (Å²) in [6.07, 6.45) is 6.21. The van der Waals surface area contributed by atoms with Gasteiger partial charge in [-0.3, -0.25) is 9.78 Å². The third-order valence-corrected chi connectivity index (χ3v) is 3.11. The topological polar surface area (TPSA) is 59.2 Å². The molecule has 0 aromatic carbocycles. The number of aromatic nitrogens is 1. The van der Waals surface area contributed by atoms with Gasteiger partial charge in [-0.15, -0.1) is 0 Å². The number of carbonyl (C=O) groups excluding carboxylic acids is 1. The Hall–Kier alpha value is -1.07. The highest BCUT2D eigenvalue weighted by molar-refractivity contribution is 7.98. The van der Waals surface area contributed by atoms with Crippen LogP contribution < -0.4 is 5.73 Å². The summed E-state index contributed by atoms with van der Waals surface area (Å²) in [5.74, 6) is 0.899. The molecule has 1 rings (SSSR count). The van der Waals surface area contributed by atoms with Crippen LogP contribution in [0.25, 0.3) is 0 Å². The summed E-state index contributed by atoms with van der Waals surface area (Å²) in [6, 6.07) is 3.41. The van der Waals surface area contributed by atoms with Crippen molar-refractivity contribution in [2.75, 3.05) is 19.1 Å². The van der Waals surface area contributed by atoms with Crippen LogP contribution in [-0.2, 0) is 11.3 Å². The van der Waals surface area contributed by atoms with Crippen molar-refractivity contribution >= 4 is 17.7 Å². The summed E-state index contributed by atoms with van der Waals surface area (Å²) in [6.45, 7) is 0.555. The normalized spacial score (nSPS) is 12.2. The van der Waals surface area contributed by atoms with E-state index < -0.39 is 6.04 Å². The Morgan fingerprint density at radius 1 is 1.65 bits per heavy atom. The average Bonchev–Trinajstić information content (AvgIpc) is 2.36. The van der Waals surface area contributed by atoms with Gasteiger partial charge in [-0.2, -0.15) is 11.8 Å². The standard InChI is InChI=1S/C12H19N3OS/c1-15(9-10-4-3-6-14-8-10)12(16)11(13)5-7-17-2/h3-4,6,8,11H,5,7,9,13H2,1-2H3/t11-/m1/s1. The molecule has 0 aliphatic heterocycles. The molecule has 1 atom stereocenters. The fourth-order valence-corrected chi connectivity index (χ4v) is 1.98. The van der Waals surface area contributed by atoms with Gasteiger partial charge in [0, 0.05) is 26.0 Å². The van der Waals surface area contributed by atoms with Crippen molar-refractivity contribution in [3.8, 4) is 0 Å². The third-order valence-electron chi connectivity index (χ3n) is 2.47. The van der Waals surface area contributed by atoms with Crippen LogP contribution in [0.5, 0.6) is 0 Å². The van der Waals surface area contributed by atoms with Crippen molar-refractivity contribution in [3.05, 3.63) is 30.1 Å². The van der Waals surface area contributed by atoms with Gasteiger partial charge in [-0.1, -0.05) is 6.07 Å². The molecule has 17 heavy (non-hydrogen) atoms. The first-order valence-corrected chi connectivity index (χ1v) is 6.93. The quantitative estimate of drug-likeness (QED) is 0.825. The zero-order valence-electron chi connectivity index (χ0n) is 10.3. The van der Waals surface area contributed by atoms with Crippen LogP contribution in [0.1, 0.15) is 12.0 Å². The molecule has 1 aromatic heterocycles. The summed E-state index contributed by atoms with van der Waals surface area (Å²) in [7, 11) is 1.77. The van der Waals surface area contributed by atoms with Gasteiger partial charge in [0.1, 0.15) is 0 Å². The first-order chi connectivity index (χ1) is 8.15. The Morgan fingerprint density at radius 2 is 2.41 bits per heavy atom. The number of thioether (sulfide) groups is 1. The lowest BCUT2D eigenvalue weighted by Crippen LogP contribution is -2.41. The zero-order valence-corrected chi connectivity index (χ0v) is 11.1. The second-order valence-electron chi connectivity index (χ2n) is 3.94. The van der Waals surface area contributed by atoms with Gasteiger partial charge in [-0.25, -0.2) is 0 Å². The van der Waals surface area contributed by atoms with Gasteiger partial charge in [0.15, 0.2) is 0 Å². The van der Waals surface area contributed by atoms with E-state index in [1.807, 2.05) is 18.4 Å². The summed E-state index contributed by atoms with van der Waals surface area (Å²) in [5, 5.41) is 0. The van der Waals surface area contributed by atoms with Crippen LogP contribution in [0.15, 0.2) is 24.5 Å². The Kier molecular flexibility index (Phi) is 6.00. The molecule has 1 amide bonds. The highest BCUT2D eigenvalue weighted by Crippen LogP contribution is 2.05. The number of hydrogen-bond donors (Lipinski definition) is 1. The minimum Gasteiger partial charge on any atom is -0.340 e. The van der Waals surface area contributed by atoms with Crippen molar-refractivity contribution in [2.24, 2.45) is 5.73 Å². The molecule has 0 saturated carbocycles. The molecule has 5 heteroatoms. The third kappa shape index (κ3) is 4.75. The fourth-order valence-electron chi connectivity index (χ4n) is 1.49. The molecule has 94 valence electrons. The lowest BCUT2D eigenvalue weighted by molar-refractivity contribution is -0.131. The average molecular weight is 253 g/mol. The molecule has 2 N–H and O–H groups in total. The van der Waals surface area contributed by atoms with Crippen LogP contribution in [-0.4, -0.2) is 40.9 Å². The first-order valence-electron chi connectivity index (χ1n) is 5.53. The molecule has 0 aliphatic rings. The summed E-state index contributed by atoms with van der Waals surface area (Å²) < 4.78 is 0. The lowest BCUT2D eigenvalue weighted by Gasteiger charge is -2.21. The van der Waals surface area contributed by atoms with E-state index in [-0.39, 0.29) is 5.91 Å². The van der Waals surface area contributed by atoms with Gasteiger partial charge < -0.3 is 10.6 Å². The monoisotopic (exact) mass is 253 g/mol. The largest absolute Gasteiger partial charge is 0.340 e. The maximum atomic E-state index is 11.9. The zero-order chi connectivity index (χ0) is 12.7. The predicted octanol–water partition coefficient (Wildman–Crippen LogP) is 1.12. The van der Waals surface area contributed by atoms with Crippen molar-refractivity contribution in [1.82, 2.24) is 9.88 Å². The van der Waals surface area contributed by atoms with Crippen LogP contribution in [0.3, 0.4) is 0 Å². The van der Waals surface area contributed by atoms with E-state index in [2.05, 4.69) is 4.98 Å². The Labute approximate surface area is 107 Å². The highest BCUT2D eigenvalue weighted by Gasteiger charge is 2.17. The van der Waals surface area contributed by atoms with Gasteiger partial charge in [0.05, 0.1) is 6.04 Å². The van der Waals surface area contributed by atoms with E-state index in [0.29, 0.717) is 6.54 Å². The molecule has 4 nitrogen and oxygen atoms in total. The molecule has 0 aliphatic carbocycles. The predicted molar refractivity (Wildman–Crippen MR) is 71.7 cm³/mol. The van der Waals surface area contributed by atoms with Crippen molar-refractivity contribution < 1.29 is 4.79 Å². The second-order valence-corrected chi connectivity index (χ2v) is 4.93. The molecule has 0 saturated heterocycles. The first kappa shape index (κ1) is 14.0. The summed E-state index contributed by atoms with van der Waals surface area (Å²) in [5.41, 5.74) is 6.85. The van der Waals surface area contributed by atoms with Crippen LogP contribution in [0.4, 0.5) is 0 Å². The minimum absolute atomic E-state index is 0.0112. The molecule has 0 unspecified atom stereocenters. The number of nitrogens with two attached hydrogens (primary N) is 1. The Balaban J connectivity index is 2.47. The van der Waals surface area contributed by atoms with E-state index in [4.69, 9.17) is 5.73 Å². The van der Waals surface area contributed by atoms with Gasteiger partial charge in [0.2, 0.25) is 5.91 Å². The number of amides is 1. The Bertz CT molecular complexity index is 345. The van der Waals surface area contributed by atoms with E-state index >= 15 is 0 Å². The minimum atomic E-state index is -0.399. The molecular formula is C12H19N3OS. The van der Waals surface area contributed by atoms with E-state index in [1.165, 1.54) is 0 Å². The molecule has 1 heterocycles. The van der Waals surface area contributed by atoms with Gasteiger partial charge in [0.25, 0.3) is 0 Å². The number of pyridine rings is 1. The summed E-state index contributed by atoms with van der Waals surface area (Å²) >= 11 is 1.70. The fraction of sp³-hybridized carbons (Fsp3) is 0.500. The summed E-state index contributed by atoms with van der Waals surface area (Å²) in [4.78, 5) is 17.6. The molecule has 0 spiro atoms. The Morgan fingerprint density at radius 3 is 3.00 bits per heavy atom. The van der Waals surface area contributed by atoms with Crippen LogP contribution in [0, 0.1) is 0 Å². The van der Waals surface area contributed by atoms with E-state index in [0.717, 1.165) is 17.7 Å². The molecule has 0 radical (unpaired) electrons. The van der Waals surface area contributed by atoms with E-state index in [9.17, 15) is 4.79 Å². The SMILES string of the molecule is CSCC[C@@H](N)C(=O)N(C)Cc1cccnc1. The van der Waals surface area contributed by atoms with Crippen molar-refractivity contribution in [1.29, 1.82) is 0 Å². The molecule has 0 bridgehead atoms. The number of likely N-dealkylation sites (N-methyl/N-ethyl adjacent to an activating group) is 1. The van der Waals surface area contributed by atoms with Gasteiger partial charge in [-0.05, 0) is 30.1 Å². The smallest absolute Gasteiger partial charge is 0.239 e. The molecule has 1 aromatic rings. The number of rotatable bonds is 6. The number of nitrogens with zero attached hydrogens (tertiary/aromatic N) is 2. The second kappa shape index (κ2) is 7.29. The number of carbonyl (C=O) groups is 1. The lowest BCUT2D eigenvalue weighted by atomic mass is 10.2. The van der Waals surface area contributed by atoms with Crippen molar-refractivity contribution in [2.45, 2.75) is 19.0 Å². The number of hydrogen-bond acceptors (Lipinski definition) is 4. The molecule has 0 fully saturated rings.